The maximum absolute atomic E-state index is 12.7. The molecule has 0 bridgehead atoms. The normalized spacial score (nSPS) is 10.9. The Kier molecular flexibility index (Phi) is 6.58. The summed E-state index contributed by atoms with van der Waals surface area (Å²) in [6, 6.07) is 6.15. The smallest absolute Gasteiger partial charge is 0.151 e. The van der Waals surface area contributed by atoms with Crippen molar-refractivity contribution in [3.05, 3.63) is 35.6 Å². The van der Waals surface area contributed by atoms with Gasteiger partial charge in [-0.05, 0) is 37.2 Å². The number of halogens is 1. The summed E-state index contributed by atoms with van der Waals surface area (Å²) in [5.41, 5.74) is 0.882. The number of likely N-dealkylation sites (N-methyl/N-ethyl adjacent to an activating group) is 1. The number of unbranched alkanes of at least 4 members (excludes halogenated alkanes) is 1. The summed E-state index contributed by atoms with van der Waals surface area (Å²) in [5.74, 6) is -0.0658. The molecule has 1 rings (SSSR count). The van der Waals surface area contributed by atoms with Gasteiger partial charge in [-0.15, -0.1) is 0 Å². The van der Waals surface area contributed by atoms with Gasteiger partial charge in [0, 0.05) is 6.42 Å². The molecule has 0 N–H and O–H groups in total. The summed E-state index contributed by atoms with van der Waals surface area (Å²) < 4.78 is 12.7. The second kappa shape index (κ2) is 7.98. The van der Waals surface area contributed by atoms with Gasteiger partial charge in [0.2, 0.25) is 0 Å². The highest BCUT2D eigenvalue weighted by atomic mass is 19.1. The molecule has 18 heavy (non-hydrogen) atoms. The lowest BCUT2D eigenvalue weighted by molar-refractivity contribution is -0.119. The Morgan fingerprint density at radius 1 is 1.22 bits per heavy atom. The second-order valence-electron chi connectivity index (χ2n) is 4.56. The molecule has 3 heteroatoms. The highest BCUT2D eigenvalue weighted by Crippen LogP contribution is 2.05. The van der Waals surface area contributed by atoms with Crippen LogP contribution in [0.5, 0.6) is 0 Å². The fourth-order valence-corrected chi connectivity index (χ4v) is 1.87. The van der Waals surface area contributed by atoms with E-state index >= 15 is 0 Å². The van der Waals surface area contributed by atoms with E-state index in [1.807, 2.05) is 0 Å². The van der Waals surface area contributed by atoms with E-state index in [2.05, 4.69) is 18.7 Å². The highest BCUT2D eigenvalue weighted by molar-refractivity contribution is 5.82. The van der Waals surface area contributed by atoms with Crippen molar-refractivity contribution in [1.29, 1.82) is 0 Å². The number of nitrogens with zero attached hydrogens (tertiary/aromatic N) is 1. The Labute approximate surface area is 109 Å². The molecule has 0 heterocycles. The van der Waals surface area contributed by atoms with Crippen molar-refractivity contribution in [3.63, 3.8) is 0 Å². The summed E-state index contributed by atoms with van der Waals surface area (Å²) in [6.45, 7) is 6.58. The molecule has 2 nitrogen and oxygen atoms in total. The molecule has 0 aliphatic carbocycles. The van der Waals surface area contributed by atoms with Gasteiger partial charge in [0.25, 0.3) is 0 Å². The SMILES string of the molecule is CCCCN(CC)CC(=O)Cc1ccc(F)cc1. The van der Waals surface area contributed by atoms with Gasteiger partial charge in [-0.2, -0.15) is 0 Å². The van der Waals surface area contributed by atoms with E-state index in [-0.39, 0.29) is 11.6 Å². The maximum atomic E-state index is 12.7. The van der Waals surface area contributed by atoms with Crippen molar-refractivity contribution in [1.82, 2.24) is 4.90 Å². The third-order valence-corrected chi connectivity index (χ3v) is 2.99. The van der Waals surface area contributed by atoms with E-state index in [0.717, 1.165) is 31.5 Å². The summed E-state index contributed by atoms with van der Waals surface area (Å²) in [5, 5.41) is 0. The predicted molar refractivity (Wildman–Crippen MR) is 72.1 cm³/mol. The van der Waals surface area contributed by atoms with Crippen molar-refractivity contribution >= 4 is 5.78 Å². The number of ketones is 1. The minimum Gasteiger partial charge on any atom is -0.298 e. The van der Waals surface area contributed by atoms with Gasteiger partial charge in [-0.1, -0.05) is 32.4 Å². The van der Waals surface area contributed by atoms with Crippen LogP contribution >= 0.6 is 0 Å². The molecule has 0 saturated carbocycles. The lowest BCUT2D eigenvalue weighted by atomic mass is 10.1. The van der Waals surface area contributed by atoms with Gasteiger partial charge in [0.1, 0.15) is 5.82 Å². The van der Waals surface area contributed by atoms with Crippen LogP contribution in [0.2, 0.25) is 0 Å². The van der Waals surface area contributed by atoms with Gasteiger partial charge in [0.05, 0.1) is 6.54 Å². The summed E-state index contributed by atoms with van der Waals surface area (Å²) in [7, 11) is 0. The Hall–Kier alpha value is -1.22. The van der Waals surface area contributed by atoms with Crippen molar-refractivity contribution in [2.75, 3.05) is 19.6 Å². The first-order chi connectivity index (χ1) is 8.65. The van der Waals surface area contributed by atoms with Crippen LogP contribution in [0.15, 0.2) is 24.3 Å². The van der Waals surface area contributed by atoms with Crippen LogP contribution in [-0.2, 0) is 11.2 Å². The van der Waals surface area contributed by atoms with E-state index in [9.17, 15) is 9.18 Å². The van der Waals surface area contributed by atoms with Crippen molar-refractivity contribution in [2.45, 2.75) is 33.1 Å². The zero-order valence-electron chi connectivity index (χ0n) is 11.3. The minimum atomic E-state index is -0.260. The first-order valence-electron chi connectivity index (χ1n) is 6.64. The Morgan fingerprint density at radius 2 is 1.89 bits per heavy atom. The number of Topliss-reactive ketones (excluding diaryl/α,β-unsaturated/α-hetero) is 1. The fourth-order valence-electron chi connectivity index (χ4n) is 1.87. The molecule has 0 aliphatic heterocycles. The number of hydrogen-bond acceptors (Lipinski definition) is 2. The highest BCUT2D eigenvalue weighted by Gasteiger charge is 2.09. The third kappa shape index (κ3) is 5.41. The van der Waals surface area contributed by atoms with Crippen LogP contribution in [0, 0.1) is 5.82 Å². The van der Waals surface area contributed by atoms with E-state index < -0.39 is 0 Å². The lowest BCUT2D eigenvalue weighted by Crippen LogP contribution is -2.31. The molecule has 0 aromatic heterocycles. The molecule has 0 amide bonds. The van der Waals surface area contributed by atoms with Crippen LogP contribution in [0.3, 0.4) is 0 Å². The largest absolute Gasteiger partial charge is 0.298 e. The topological polar surface area (TPSA) is 20.3 Å². The average molecular weight is 251 g/mol. The van der Waals surface area contributed by atoms with Gasteiger partial charge >= 0.3 is 0 Å². The van der Waals surface area contributed by atoms with Crippen molar-refractivity contribution < 1.29 is 9.18 Å². The Balaban J connectivity index is 2.42. The molecule has 0 atom stereocenters. The van der Waals surface area contributed by atoms with Gasteiger partial charge < -0.3 is 0 Å². The summed E-state index contributed by atoms with van der Waals surface area (Å²) in [6.07, 6.45) is 2.66. The maximum Gasteiger partial charge on any atom is 0.151 e. The number of carbonyl (C=O) groups is 1. The van der Waals surface area contributed by atoms with Gasteiger partial charge in [-0.25, -0.2) is 4.39 Å². The van der Waals surface area contributed by atoms with Crippen LogP contribution in [0.1, 0.15) is 32.3 Å². The van der Waals surface area contributed by atoms with E-state index in [1.165, 1.54) is 12.1 Å². The molecular formula is C15H22FNO. The van der Waals surface area contributed by atoms with Crippen molar-refractivity contribution in [2.24, 2.45) is 0 Å². The molecule has 100 valence electrons. The van der Waals surface area contributed by atoms with Crippen LogP contribution < -0.4 is 0 Å². The molecule has 1 aromatic rings. The average Bonchev–Trinajstić information content (AvgIpc) is 2.37. The monoisotopic (exact) mass is 251 g/mol. The summed E-state index contributed by atoms with van der Waals surface area (Å²) >= 11 is 0. The quantitative estimate of drug-likeness (QED) is 0.707. The molecular weight excluding hydrogens is 229 g/mol. The Bertz CT molecular complexity index is 361. The fraction of sp³-hybridized carbons (Fsp3) is 0.533. The number of carbonyl (C=O) groups excluding carboxylic acids is 1. The van der Waals surface area contributed by atoms with Crippen LogP contribution in [0.25, 0.3) is 0 Å². The van der Waals surface area contributed by atoms with Gasteiger partial charge in [-0.3, -0.25) is 9.69 Å². The first kappa shape index (κ1) is 14.8. The number of hydrogen-bond donors (Lipinski definition) is 0. The second-order valence-corrected chi connectivity index (χ2v) is 4.56. The summed E-state index contributed by atoms with van der Waals surface area (Å²) in [4.78, 5) is 14.1. The predicted octanol–water partition coefficient (Wildman–Crippen LogP) is 3.06. The van der Waals surface area contributed by atoms with Crippen molar-refractivity contribution in [3.8, 4) is 0 Å². The zero-order valence-corrected chi connectivity index (χ0v) is 11.3. The van der Waals surface area contributed by atoms with E-state index in [0.29, 0.717) is 13.0 Å². The van der Waals surface area contributed by atoms with E-state index in [1.54, 1.807) is 12.1 Å². The standard InChI is InChI=1S/C15H22FNO/c1-3-5-10-17(4-2)12-15(18)11-13-6-8-14(16)9-7-13/h6-9H,3-5,10-12H2,1-2H3. The minimum absolute atomic E-state index is 0.194. The van der Waals surface area contributed by atoms with E-state index in [4.69, 9.17) is 0 Å². The molecule has 0 unspecified atom stereocenters. The molecule has 0 spiro atoms. The number of rotatable bonds is 8. The number of benzene rings is 1. The molecule has 0 fully saturated rings. The first-order valence-corrected chi connectivity index (χ1v) is 6.64. The Morgan fingerprint density at radius 3 is 2.44 bits per heavy atom. The lowest BCUT2D eigenvalue weighted by Gasteiger charge is -2.18. The molecule has 0 saturated heterocycles. The molecule has 0 radical (unpaired) electrons. The molecule has 1 aromatic carbocycles. The van der Waals surface area contributed by atoms with Gasteiger partial charge in [0.15, 0.2) is 5.78 Å². The third-order valence-electron chi connectivity index (χ3n) is 2.99. The molecule has 0 aliphatic rings. The van der Waals surface area contributed by atoms with Crippen LogP contribution in [0.4, 0.5) is 4.39 Å². The van der Waals surface area contributed by atoms with Crippen LogP contribution in [-0.4, -0.2) is 30.3 Å². The zero-order chi connectivity index (χ0) is 13.4.